The number of likely N-dealkylation sites (tertiary alicyclic amines) is 1. The van der Waals surface area contributed by atoms with Gasteiger partial charge in [-0.2, -0.15) is 18.2 Å². The van der Waals surface area contributed by atoms with Crippen LogP contribution in [0.5, 0.6) is 0 Å². The van der Waals surface area contributed by atoms with Gasteiger partial charge in [0.05, 0.1) is 0 Å². The predicted molar refractivity (Wildman–Crippen MR) is 149 cm³/mol. The number of amides is 2. The fourth-order valence-electron chi connectivity index (χ4n) is 4.64. The monoisotopic (exact) mass is 552 g/mol. The van der Waals surface area contributed by atoms with Crippen molar-refractivity contribution >= 4 is 40.6 Å². The van der Waals surface area contributed by atoms with Crippen LogP contribution in [-0.2, 0) is 15.8 Å². The van der Waals surface area contributed by atoms with E-state index < -0.39 is 23.5 Å². The van der Waals surface area contributed by atoms with Gasteiger partial charge in [-0.25, -0.2) is 4.98 Å². The van der Waals surface area contributed by atoms with Crippen molar-refractivity contribution in [2.75, 3.05) is 29.0 Å². The Balaban J connectivity index is 1.52. The van der Waals surface area contributed by atoms with Gasteiger partial charge in [0.15, 0.2) is 0 Å². The molecule has 2 amide bonds. The number of carbonyl (C=O) groups excluding carboxylic acids is 2. The van der Waals surface area contributed by atoms with Crippen LogP contribution in [0.2, 0.25) is 0 Å². The van der Waals surface area contributed by atoms with E-state index in [9.17, 15) is 22.8 Å². The summed E-state index contributed by atoms with van der Waals surface area (Å²) >= 11 is 0. The van der Waals surface area contributed by atoms with Crippen molar-refractivity contribution in [1.82, 2.24) is 14.9 Å². The average molecular weight is 553 g/mol. The number of benzene rings is 2. The molecule has 4 rings (SSSR count). The molecule has 3 N–H and O–H groups in total. The number of rotatable bonds is 8. The predicted octanol–water partition coefficient (Wildman–Crippen LogP) is 6.53. The van der Waals surface area contributed by atoms with E-state index in [4.69, 9.17) is 0 Å². The molecule has 1 fully saturated rings. The maximum atomic E-state index is 13.8. The summed E-state index contributed by atoms with van der Waals surface area (Å²) in [6.07, 6.45) is -0.591. The number of aryl methyl sites for hydroxylation is 1. The number of carbonyl (C=O) groups is 2. The van der Waals surface area contributed by atoms with Crippen LogP contribution in [0.15, 0.2) is 61.3 Å². The van der Waals surface area contributed by atoms with Crippen LogP contribution in [0.3, 0.4) is 0 Å². The number of aromatic nitrogens is 2. The lowest BCUT2D eigenvalue weighted by Gasteiger charge is -2.32. The van der Waals surface area contributed by atoms with Crippen molar-refractivity contribution in [1.29, 1.82) is 0 Å². The normalized spacial score (nSPS) is 14.0. The van der Waals surface area contributed by atoms with Gasteiger partial charge in [0.2, 0.25) is 17.8 Å². The van der Waals surface area contributed by atoms with Crippen molar-refractivity contribution in [3.63, 3.8) is 0 Å². The molecule has 1 saturated heterocycles. The van der Waals surface area contributed by atoms with Crippen molar-refractivity contribution in [2.24, 2.45) is 0 Å². The van der Waals surface area contributed by atoms with E-state index in [1.807, 2.05) is 30.9 Å². The Morgan fingerprint density at radius 1 is 1.10 bits per heavy atom. The van der Waals surface area contributed by atoms with Crippen LogP contribution >= 0.6 is 0 Å². The molecule has 3 aromatic rings. The third-order valence-electron chi connectivity index (χ3n) is 6.79. The zero-order valence-corrected chi connectivity index (χ0v) is 22.3. The molecule has 0 atom stereocenters. The number of halogens is 3. The summed E-state index contributed by atoms with van der Waals surface area (Å²) in [5.74, 6) is -0.376. The van der Waals surface area contributed by atoms with Gasteiger partial charge in [-0.3, -0.25) is 9.59 Å². The molecule has 0 saturated carbocycles. The molecule has 1 aliphatic rings. The number of nitrogens with one attached hydrogen (secondary N) is 3. The Morgan fingerprint density at radius 2 is 1.82 bits per heavy atom. The molecule has 2 heterocycles. The van der Waals surface area contributed by atoms with Gasteiger partial charge in [-0.15, -0.1) is 0 Å². The summed E-state index contributed by atoms with van der Waals surface area (Å²) in [5, 5.41) is 8.30. The van der Waals surface area contributed by atoms with Gasteiger partial charge in [0.25, 0.3) is 0 Å². The molecule has 0 unspecified atom stereocenters. The minimum Gasteiger partial charge on any atom is -0.343 e. The molecule has 1 aliphatic heterocycles. The molecule has 0 bridgehead atoms. The number of nitrogens with zero attached hydrogens (tertiary/aromatic N) is 3. The second kappa shape index (κ2) is 12.2. The van der Waals surface area contributed by atoms with Crippen LogP contribution in [0.1, 0.15) is 48.8 Å². The molecule has 0 spiro atoms. The lowest BCUT2D eigenvalue weighted by Crippen LogP contribution is -2.37. The molecule has 0 radical (unpaired) electrons. The summed E-state index contributed by atoms with van der Waals surface area (Å²) in [7, 11) is 0. The summed E-state index contributed by atoms with van der Waals surface area (Å²) in [4.78, 5) is 33.5. The van der Waals surface area contributed by atoms with E-state index in [-0.39, 0.29) is 11.9 Å². The van der Waals surface area contributed by atoms with E-state index in [1.165, 1.54) is 6.07 Å². The Morgan fingerprint density at radius 3 is 2.48 bits per heavy atom. The molecular weight excluding hydrogens is 521 g/mol. The van der Waals surface area contributed by atoms with Crippen LogP contribution < -0.4 is 16.0 Å². The first kappa shape index (κ1) is 28.6. The lowest BCUT2D eigenvalue weighted by atomic mass is 9.88. The van der Waals surface area contributed by atoms with E-state index in [1.54, 1.807) is 18.2 Å². The van der Waals surface area contributed by atoms with Gasteiger partial charge in [0, 0.05) is 42.8 Å². The number of piperidine rings is 1. The fraction of sp³-hybridized carbons (Fsp3) is 0.310. The third-order valence-corrected chi connectivity index (χ3v) is 6.79. The topological polar surface area (TPSA) is 99.2 Å². The zero-order valence-electron chi connectivity index (χ0n) is 22.3. The average Bonchev–Trinajstić information content (AvgIpc) is 2.93. The fourth-order valence-corrected chi connectivity index (χ4v) is 4.64. The van der Waals surface area contributed by atoms with Crippen LogP contribution in [0.25, 0.3) is 0 Å². The minimum atomic E-state index is -4.69. The quantitative estimate of drug-likeness (QED) is 0.275. The molecule has 210 valence electrons. The van der Waals surface area contributed by atoms with Crippen molar-refractivity contribution < 1.29 is 22.8 Å². The summed E-state index contributed by atoms with van der Waals surface area (Å²) in [5.41, 5.74) is 2.37. The first-order chi connectivity index (χ1) is 19.1. The highest BCUT2D eigenvalue weighted by molar-refractivity contribution is 5.99. The Kier molecular flexibility index (Phi) is 8.71. The maximum Gasteiger partial charge on any atom is 0.421 e. The first-order valence-corrected chi connectivity index (χ1v) is 13.0. The van der Waals surface area contributed by atoms with Crippen molar-refractivity contribution in [3.8, 4) is 0 Å². The zero-order chi connectivity index (χ0) is 28.9. The standard InChI is InChI=1S/C29H31F3N6O2/c1-4-25(39)34-21-7-6-8-22(16-21)35-27-23(29(30,31)32)17-33-28(37-27)36-24-10-9-20(15-18(24)3)19-11-13-38(14-12-19)26(40)5-2/h4,6-10,15-17,19H,1,5,11-14H2,2-3H3,(H,34,39)(H2,33,35,36,37). The van der Waals surface area contributed by atoms with E-state index >= 15 is 0 Å². The third kappa shape index (κ3) is 6.96. The van der Waals surface area contributed by atoms with E-state index in [0.29, 0.717) is 29.4 Å². The Bertz CT molecular complexity index is 1400. The highest BCUT2D eigenvalue weighted by Crippen LogP contribution is 2.36. The second-order valence-corrected chi connectivity index (χ2v) is 9.56. The molecular formula is C29H31F3N6O2. The largest absolute Gasteiger partial charge is 0.421 e. The minimum absolute atomic E-state index is 0.00569. The molecule has 1 aromatic heterocycles. The van der Waals surface area contributed by atoms with Gasteiger partial charge in [-0.05, 0) is 67.2 Å². The number of anilines is 5. The highest BCUT2D eigenvalue weighted by Gasteiger charge is 2.35. The SMILES string of the molecule is C=CC(=O)Nc1cccc(Nc2nc(Nc3ccc(C4CCN(C(=O)CC)CC4)cc3C)ncc2C(F)(F)F)c1. The van der Waals surface area contributed by atoms with Crippen LogP contribution in [0.4, 0.5) is 42.0 Å². The molecule has 8 nitrogen and oxygen atoms in total. The van der Waals surface area contributed by atoms with E-state index in [2.05, 4.69) is 38.6 Å². The summed E-state index contributed by atoms with van der Waals surface area (Å²) < 4.78 is 41.3. The number of alkyl halides is 3. The van der Waals surface area contributed by atoms with Gasteiger partial charge in [-0.1, -0.05) is 31.7 Å². The summed E-state index contributed by atoms with van der Waals surface area (Å²) in [6.45, 7) is 8.63. The smallest absolute Gasteiger partial charge is 0.343 e. The second-order valence-electron chi connectivity index (χ2n) is 9.56. The number of hydrogen-bond donors (Lipinski definition) is 3. The summed E-state index contributed by atoms with van der Waals surface area (Å²) in [6, 6.07) is 12.1. The van der Waals surface area contributed by atoms with E-state index in [0.717, 1.165) is 49.3 Å². The van der Waals surface area contributed by atoms with Gasteiger partial charge >= 0.3 is 6.18 Å². The molecule has 40 heavy (non-hydrogen) atoms. The number of hydrogen-bond acceptors (Lipinski definition) is 6. The lowest BCUT2D eigenvalue weighted by molar-refractivity contribution is -0.137. The molecule has 11 heteroatoms. The van der Waals surface area contributed by atoms with Gasteiger partial charge in [0.1, 0.15) is 11.4 Å². The molecule has 0 aliphatic carbocycles. The van der Waals surface area contributed by atoms with Crippen LogP contribution in [0, 0.1) is 6.92 Å². The Hall–Kier alpha value is -4.41. The van der Waals surface area contributed by atoms with Crippen LogP contribution in [-0.4, -0.2) is 39.8 Å². The highest BCUT2D eigenvalue weighted by atomic mass is 19.4. The molecule has 2 aromatic carbocycles. The van der Waals surface area contributed by atoms with Gasteiger partial charge < -0.3 is 20.9 Å². The van der Waals surface area contributed by atoms with Crippen molar-refractivity contribution in [3.05, 3.63) is 78.0 Å². The first-order valence-electron chi connectivity index (χ1n) is 13.0. The Labute approximate surface area is 230 Å². The maximum absolute atomic E-state index is 13.8. The van der Waals surface area contributed by atoms with Crippen molar-refractivity contribution in [2.45, 2.75) is 45.2 Å².